The normalized spacial score (nSPS) is 10.3. The van der Waals surface area contributed by atoms with E-state index in [0.29, 0.717) is 22.8 Å². The Hall–Kier alpha value is -2.50. The van der Waals surface area contributed by atoms with Crippen LogP contribution in [0, 0.1) is 6.92 Å². The maximum absolute atomic E-state index is 10.8. The van der Waals surface area contributed by atoms with E-state index in [1.807, 2.05) is 13.0 Å². The van der Waals surface area contributed by atoms with Crippen LogP contribution in [0.15, 0.2) is 22.7 Å². The highest BCUT2D eigenvalue weighted by Gasteiger charge is 2.20. The largest absolute Gasteiger partial charge is 0.496 e. The van der Waals surface area contributed by atoms with Crippen LogP contribution in [0.5, 0.6) is 11.5 Å². The second-order valence-corrected chi connectivity index (χ2v) is 3.87. The molecule has 0 saturated heterocycles. The zero-order valence-corrected chi connectivity index (χ0v) is 10.8. The van der Waals surface area contributed by atoms with Crippen molar-refractivity contribution in [2.24, 2.45) is 0 Å². The molecule has 0 aliphatic rings. The number of ether oxygens (including phenoxy) is 2. The molecule has 2 aromatic rings. The van der Waals surface area contributed by atoms with Crippen LogP contribution in [0.2, 0.25) is 0 Å². The van der Waals surface area contributed by atoms with E-state index in [-0.39, 0.29) is 5.76 Å². The molecule has 0 fully saturated rings. The third-order valence-electron chi connectivity index (χ3n) is 2.72. The smallest absolute Gasteiger partial charge is 0.374 e. The zero-order chi connectivity index (χ0) is 14.0. The lowest BCUT2D eigenvalue weighted by atomic mass is 10.1. The summed E-state index contributed by atoms with van der Waals surface area (Å²) in [7, 11) is 3.05. The molecule has 6 heteroatoms. The van der Waals surface area contributed by atoms with E-state index in [9.17, 15) is 4.79 Å². The predicted octanol–water partition coefficient (Wildman–Crippen LogP) is 2.37. The number of methoxy groups -OCH3 is 2. The van der Waals surface area contributed by atoms with Gasteiger partial charge in [-0.25, -0.2) is 4.79 Å². The molecule has 0 amide bonds. The van der Waals surface area contributed by atoms with Crippen molar-refractivity contribution in [3.8, 4) is 22.8 Å². The number of benzene rings is 1. The zero-order valence-electron chi connectivity index (χ0n) is 10.8. The number of carbonyl (C=O) groups is 1. The Morgan fingerprint density at radius 3 is 2.58 bits per heavy atom. The first-order chi connectivity index (χ1) is 9.08. The number of carboxylic acids is 1. The molecule has 1 heterocycles. The summed E-state index contributed by atoms with van der Waals surface area (Å²) >= 11 is 0. The van der Waals surface area contributed by atoms with Gasteiger partial charge in [0.1, 0.15) is 17.2 Å². The van der Waals surface area contributed by atoms with Gasteiger partial charge in [0, 0.05) is 6.07 Å². The minimum absolute atomic E-state index is 0.236. The Labute approximate surface area is 109 Å². The SMILES string of the molecule is COc1ccc(C)c(OC)c1-c1cc(C(=O)O)on1. The van der Waals surface area contributed by atoms with E-state index >= 15 is 0 Å². The molecule has 0 unspecified atom stereocenters. The lowest BCUT2D eigenvalue weighted by Gasteiger charge is -2.13. The molecule has 1 aromatic heterocycles. The third-order valence-corrected chi connectivity index (χ3v) is 2.72. The lowest BCUT2D eigenvalue weighted by molar-refractivity contribution is 0.0652. The van der Waals surface area contributed by atoms with E-state index in [1.54, 1.807) is 6.07 Å². The van der Waals surface area contributed by atoms with E-state index in [4.69, 9.17) is 19.1 Å². The van der Waals surface area contributed by atoms with Gasteiger partial charge in [-0.05, 0) is 18.6 Å². The van der Waals surface area contributed by atoms with Crippen LogP contribution in [-0.2, 0) is 0 Å². The molecule has 0 bridgehead atoms. The van der Waals surface area contributed by atoms with E-state index in [0.717, 1.165) is 5.56 Å². The van der Waals surface area contributed by atoms with Gasteiger partial charge >= 0.3 is 5.97 Å². The highest BCUT2D eigenvalue weighted by Crippen LogP contribution is 2.40. The molecule has 2 rings (SSSR count). The number of rotatable bonds is 4. The van der Waals surface area contributed by atoms with E-state index in [1.165, 1.54) is 20.3 Å². The number of hydrogen-bond acceptors (Lipinski definition) is 5. The fraction of sp³-hybridized carbons (Fsp3) is 0.231. The molecule has 19 heavy (non-hydrogen) atoms. The molecule has 0 aliphatic carbocycles. The Balaban J connectivity index is 2.64. The molecule has 0 spiro atoms. The van der Waals surface area contributed by atoms with Gasteiger partial charge in [0.05, 0.1) is 19.8 Å². The van der Waals surface area contributed by atoms with Crippen LogP contribution in [0.3, 0.4) is 0 Å². The van der Waals surface area contributed by atoms with Crippen molar-refractivity contribution in [1.29, 1.82) is 0 Å². The van der Waals surface area contributed by atoms with Gasteiger partial charge in [-0.3, -0.25) is 0 Å². The number of nitrogens with zero attached hydrogens (tertiary/aromatic N) is 1. The average Bonchev–Trinajstić information content (AvgIpc) is 2.87. The molecule has 1 N–H and O–H groups in total. The van der Waals surface area contributed by atoms with E-state index < -0.39 is 5.97 Å². The fourth-order valence-corrected chi connectivity index (χ4v) is 1.84. The van der Waals surface area contributed by atoms with Crippen molar-refractivity contribution in [1.82, 2.24) is 5.16 Å². The Bertz CT molecular complexity index is 617. The minimum atomic E-state index is -1.18. The number of carboxylic acid groups (broad SMARTS) is 1. The van der Waals surface area contributed by atoms with Gasteiger partial charge in [0.25, 0.3) is 0 Å². The maximum atomic E-state index is 10.8. The first-order valence-electron chi connectivity index (χ1n) is 5.50. The van der Waals surface area contributed by atoms with Crippen molar-refractivity contribution in [3.05, 3.63) is 29.5 Å². The van der Waals surface area contributed by atoms with Gasteiger partial charge in [-0.1, -0.05) is 11.2 Å². The number of aromatic nitrogens is 1. The predicted molar refractivity (Wildman–Crippen MR) is 66.7 cm³/mol. The quantitative estimate of drug-likeness (QED) is 0.911. The lowest BCUT2D eigenvalue weighted by Crippen LogP contribution is -1.96. The third kappa shape index (κ3) is 2.24. The van der Waals surface area contributed by atoms with Crippen LogP contribution in [0.25, 0.3) is 11.3 Å². The highest BCUT2D eigenvalue weighted by molar-refractivity contribution is 5.87. The van der Waals surface area contributed by atoms with Crippen LogP contribution in [0.1, 0.15) is 16.1 Å². The molecular formula is C13H13NO5. The van der Waals surface area contributed by atoms with Crippen molar-refractivity contribution in [2.45, 2.75) is 6.92 Å². The van der Waals surface area contributed by atoms with Gasteiger partial charge in [0.15, 0.2) is 0 Å². The van der Waals surface area contributed by atoms with Crippen molar-refractivity contribution in [3.63, 3.8) is 0 Å². The minimum Gasteiger partial charge on any atom is -0.496 e. The monoisotopic (exact) mass is 263 g/mol. The standard InChI is InChI=1S/C13H13NO5/c1-7-4-5-9(17-2)11(12(7)18-3)8-6-10(13(15)16)19-14-8/h4-6H,1-3H3,(H,15,16). The number of aromatic carboxylic acids is 1. The fourth-order valence-electron chi connectivity index (χ4n) is 1.84. The van der Waals surface area contributed by atoms with Crippen molar-refractivity contribution in [2.75, 3.05) is 14.2 Å². The summed E-state index contributed by atoms with van der Waals surface area (Å²) in [6, 6.07) is 4.95. The summed E-state index contributed by atoms with van der Waals surface area (Å²) in [6.07, 6.45) is 0. The summed E-state index contributed by atoms with van der Waals surface area (Å²) in [5.74, 6) is -0.303. The second-order valence-electron chi connectivity index (χ2n) is 3.87. The topological polar surface area (TPSA) is 81.8 Å². The number of aryl methyl sites for hydroxylation is 1. The second kappa shape index (κ2) is 5.01. The Morgan fingerprint density at radius 2 is 2.05 bits per heavy atom. The first kappa shape index (κ1) is 12.9. The van der Waals surface area contributed by atoms with Crippen molar-refractivity contribution < 1.29 is 23.9 Å². The molecule has 0 atom stereocenters. The summed E-state index contributed by atoms with van der Waals surface area (Å²) in [4.78, 5) is 10.8. The summed E-state index contributed by atoms with van der Waals surface area (Å²) in [6.45, 7) is 1.87. The summed E-state index contributed by atoms with van der Waals surface area (Å²) in [5.41, 5.74) is 1.81. The Morgan fingerprint density at radius 1 is 1.32 bits per heavy atom. The van der Waals surface area contributed by atoms with Gasteiger partial charge in [-0.2, -0.15) is 0 Å². The molecule has 0 aliphatic heterocycles. The highest BCUT2D eigenvalue weighted by atomic mass is 16.5. The van der Waals surface area contributed by atoms with Crippen molar-refractivity contribution >= 4 is 5.97 Å². The molecule has 0 radical (unpaired) electrons. The molecule has 100 valence electrons. The number of hydrogen-bond donors (Lipinski definition) is 1. The molecule has 6 nitrogen and oxygen atoms in total. The van der Waals surface area contributed by atoms with Crippen LogP contribution < -0.4 is 9.47 Å². The van der Waals surface area contributed by atoms with Crippen LogP contribution in [-0.4, -0.2) is 30.5 Å². The van der Waals surface area contributed by atoms with Gasteiger partial charge in [0.2, 0.25) is 5.76 Å². The molecule has 0 saturated carbocycles. The van der Waals surface area contributed by atoms with E-state index in [2.05, 4.69) is 5.16 Å². The van der Waals surface area contributed by atoms with Gasteiger partial charge < -0.3 is 19.1 Å². The maximum Gasteiger partial charge on any atom is 0.374 e. The summed E-state index contributed by atoms with van der Waals surface area (Å²) in [5, 5.41) is 12.6. The summed E-state index contributed by atoms with van der Waals surface area (Å²) < 4.78 is 15.4. The molecular weight excluding hydrogens is 250 g/mol. The van der Waals surface area contributed by atoms with Gasteiger partial charge in [-0.15, -0.1) is 0 Å². The Kier molecular flexibility index (Phi) is 3.41. The first-order valence-corrected chi connectivity index (χ1v) is 5.50. The van der Waals surface area contributed by atoms with Crippen LogP contribution in [0.4, 0.5) is 0 Å². The van der Waals surface area contributed by atoms with Crippen LogP contribution >= 0.6 is 0 Å². The average molecular weight is 263 g/mol. The molecule has 1 aromatic carbocycles.